The van der Waals surface area contributed by atoms with E-state index >= 15 is 0 Å². The third-order valence-corrected chi connectivity index (χ3v) is 2.68. The molecule has 1 aromatic rings. The predicted molar refractivity (Wildman–Crippen MR) is 72.2 cm³/mol. The molecule has 102 valence electrons. The first-order chi connectivity index (χ1) is 8.60. The normalized spacial score (nSPS) is 12.6. The summed E-state index contributed by atoms with van der Waals surface area (Å²) in [7, 11) is 3.17. The number of aliphatic hydroxyl groups excluding tert-OH is 1. The van der Waals surface area contributed by atoms with Gasteiger partial charge in [0.15, 0.2) is 11.5 Å². The van der Waals surface area contributed by atoms with Crippen LogP contribution in [0, 0.1) is 5.92 Å². The molecule has 0 aliphatic carbocycles. The zero-order valence-electron chi connectivity index (χ0n) is 11.6. The molecular weight excluding hydrogens is 230 g/mol. The Hall–Kier alpha value is -1.26. The van der Waals surface area contributed by atoms with Crippen molar-refractivity contribution in [3.63, 3.8) is 0 Å². The Morgan fingerprint density at radius 1 is 1.17 bits per heavy atom. The Morgan fingerprint density at radius 3 is 2.44 bits per heavy atom. The minimum absolute atomic E-state index is 0.502. The minimum Gasteiger partial charge on any atom is -0.493 e. The summed E-state index contributed by atoms with van der Waals surface area (Å²) < 4.78 is 10.5. The van der Waals surface area contributed by atoms with Gasteiger partial charge in [0.25, 0.3) is 0 Å². The summed E-state index contributed by atoms with van der Waals surface area (Å²) in [5.74, 6) is 1.79. The van der Waals surface area contributed by atoms with Crippen molar-refractivity contribution in [3.05, 3.63) is 23.8 Å². The number of hydrogen-bond acceptors (Lipinski definition) is 4. The van der Waals surface area contributed by atoms with E-state index in [0.29, 0.717) is 24.0 Å². The number of para-hydroxylation sites is 1. The van der Waals surface area contributed by atoms with Crippen molar-refractivity contribution in [2.75, 3.05) is 27.3 Å². The van der Waals surface area contributed by atoms with Gasteiger partial charge in [-0.25, -0.2) is 0 Å². The van der Waals surface area contributed by atoms with Gasteiger partial charge in [0.1, 0.15) is 0 Å². The first kappa shape index (κ1) is 14.8. The Labute approximate surface area is 109 Å². The Bertz CT molecular complexity index is 366. The van der Waals surface area contributed by atoms with Gasteiger partial charge >= 0.3 is 0 Å². The summed E-state index contributed by atoms with van der Waals surface area (Å²) in [5.41, 5.74) is 0.744. The van der Waals surface area contributed by atoms with Crippen LogP contribution < -0.4 is 14.8 Å². The quantitative estimate of drug-likeness (QED) is 0.780. The van der Waals surface area contributed by atoms with E-state index in [4.69, 9.17) is 9.47 Å². The van der Waals surface area contributed by atoms with E-state index in [2.05, 4.69) is 19.2 Å². The second kappa shape index (κ2) is 7.24. The highest BCUT2D eigenvalue weighted by molar-refractivity contribution is 5.47. The third-order valence-electron chi connectivity index (χ3n) is 2.68. The lowest BCUT2D eigenvalue weighted by atomic mass is 10.1. The molecule has 4 nitrogen and oxygen atoms in total. The SMILES string of the molecule is COc1cccc(C(O)CNCC(C)C)c1OC. The van der Waals surface area contributed by atoms with E-state index in [1.165, 1.54) is 0 Å². The Balaban J connectivity index is 2.75. The van der Waals surface area contributed by atoms with E-state index in [1.807, 2.05) is 18.2 Å². The van der Waals surface area contributed by atoms with Gasteiger partial charge in [-0.2, -0.15) is 0 Å². The Morgan fingerprint density at radius 2 is 1.89 bits per heavy atom. The molecule has 0 radical (unpaired) electrons. The molecule has 1 unspecified atom stereocenters. The van der Waals surface area contributed by atoms with Gasteiger partial charge in [-0.05, 0) is 18.5 Å². The van der Waals surface area contributed by atoms with E-state index in [1.54, 1.807) is 14.2 Å². The van der Waals surface area contributed by atoms with Crippen LogP contribution in [0.2, 0.25) is 0 Å². The summed E-state index contributed by atoms with van der Waals surface area (Å²) in [6.07, 6.45) is -0.603. The average Bonchev–Trinajstić information content (AvgIpc) is 2.36. The van der Waals surface area contributed by atoms with Gasteiger partial charge in [0.2, 0.25) is 0 Å². The van der Waals surface area contributed by atoms with Crippen LogP contribution in [0.5, 0.6) is 11.5 Å². The van der Waals surface area contributed by atoms with Crippen LogP contribution in [0.25, 0.3) is 0 Å². The number of methoxy groups -OCH3 is 2. The van der Waals surface area contributed by atoms with Crippen molar-refractivity contribution in [2.45, 2.75) is 20.0 Å². The van der Waals surface area contributed by atoms with Gasteiger partial charge in [-0.15, -0.1) is 0 Å². The molecule has 0 amide bonds. The van der Waals surface area contributed by atoms with Crippen molar-refractivity contribution in [3.8, 4) is 11.5 Å². The fourth-order valence-corrected chi connectivity index (χ4v) is 1.79. The lowest BCUT2D eigenvalue weighted by molar-refractivity contribution is 0.168. The van der Waals surface area contributed by atoms with E-state index in [0.717, 1.165) is 12.1 Å². The standard InChI is InChI=1S/C14H23NO3/c1-10(2)8-15-9-12(16)11-6-5-7-13(17-3)14(11)18-4/h5-7,10,12,15-16H,8-9H2,1-4H3. The number of hydrogen-bond donors (Lipinski definition) is 2. The van der Waals surface area contributed by atoms with Crippen LogP contribution in [0.4, 0.5) is 0 Å². The number of rotatable bonds is 7. The molecule has 0 aromatic heterocycles. The van der Waals surface area contributed by atoms with E-state index in [-0.39, 0.29) is 0 Å². The number of nitrogens with one attached hydrogen (secondary N) is 1. The largest absolute Gasteiger partial charge is 0.493 e. The lowest BCUT2D eigenvalue weighted by Gasteiger charge is -2.18. The van der Waals surface area contributed by atoms with Crippen LogP contribution in [-0.2, 0) is 0 Å². The van der Waals surface area contributed by atoms with Crippen molar-refractivity contribution in [1.82, 2.24) is 5.32 Å². The van der Waals surface area contributed by atoms with Gasteiger partial charge in [0.05, 0.1) is 20.3 Å². The van der Waals surface area contributed by atoms with Crippen molar-refractivity contribution in [2.24, 2.45) is 5.92 Å². The summed E-state index contributed by atoms with van der Waals surface area (Å²) >= 11 is 0. The summed E-state index contributed by atoms with van der Waals surface area (Å²) in [4.78, 5) is 0. The maximum Gasteiger partial charge on any atom is 0.166 e. The molecular formula is C14H23NO3. The molecule has 1 rings (SSSR count). The van der Waals surface area contributed by atoms with Crippen LogP contribution in [0.15, 0.2) is 18.2 Å². The molecule has 2 N–H and O–H groups in total. The molecule has 0 aliphatic rings. The highest BCUT2D eigenvalue weighted by Gasteiger charge is 2.16. The van der Waals surface area contributed by atoms with Crippen LogP contribution in [-0.4, -0.2) is 32.4 Å². The van der Waals surface area contributed by atoms with Gasteiger partial charge in [-0.3, -0.25) is 0 Å². The van der Waals surface area contributed by atoms with Crippen LogP contribution >= 0.6 is 0 Å². The predicted octanol–water partition coefficient (Wildman–Crippen LogP) is 1.98. The van der Waals surface area contributed by atoms with Crippen LogP contribution in [0.3, 0.4) is 0 Å². The molecule has 0 heterocycles. The second-order valence-electron chi connectivity index (χ2n) is 4.65. The molecule has 0 spiro atoms. The highest BCUT2D eigenvalue weighted by Crippen LogP contribution is 2.34. The zero-order chi connectivity index (χ0) is 13.5. The fourth-order valence-electron chi connectivity index (χ4n) is 1.79. The highest BCUT2D eigenvalue weighted by atomic mass is 16.5. The van der Waals surface area contributed by atoms with Gasteiger partial charge in [0, 0.05) is 12.1 Å². The topological polar surface area (TPSA) is 50.7 Å². The Kier molecular flexibility index (Phi) is 5.95. The monoisotopic (exact) mass is 253 g/mol. The molecule has 1 aromatic carbocycles. The zero-order valence-corrected chi connectivity index (χ0v) is 11.6. The first-order valence-electron chi connectivity index (χ1n) is 6.19. The average molecular weight is 253 g/mol. The first-order valence-corrected chi connectivity index (χ1v) is 6.19. The number of benzene rings is 1. The van der Waals surface area contributed by atoms with E-state index in [9.17, 15) is 5.11 Å². The van der Waals surface area contributed by atoms with Crippen molar-refractivity contribution in [1.29, 1.82) is 0 Å². The number of ether oxygens (including phenoxy) is 2. The lowest BCUT2D eigenvalue weighted by Crippen LogP contribution is -2.25. The summed E-state index contributed by atoms with van der Waals surface area (Å²) in [5, 5.41) is 13.4. The van der Waals surface area contributed by atoms with Crippen LogP contribution in [0.1, 0.15) is 25.5 Å². The third kappa shape index (κ3) is 3.89. The molecule has 0 saturated heterocycles. The fraction of sp³-hybridized carbons (Fsp3) is 0.571. The molecule has 1 atom stereocenters. The van der Waals surface area contributed by atoms with Crippen molar-refractivity contribution >= 4 is 0 Å². The van der Waals surface area contributed by atoms with E-state index < -0.39 is 6.10 Å². The maximum absolute atomic E-state index is 10.2. The smallest absolute Gasteiger partial charge is 0.166 e. The molecule has 0 fully saturated rings. The van der Waals surface area contributed by atoms with Gasteiger partial charge in [-0.1, -0.05) is 26.0 Å². The second-order valence-corrected chi connectivity index (χ2v) is 4.65. The maximum atomic E-state index is 10.2. The van der Waals surface area contributed by atoms with Gasteiger partial charge < -0.3 is 19.9 Å². The molecule has 0 bridgehead atoms. The molecule has 4 heteroatoms. The molecule has 0 saturated carbocycles. The summed E-state index contributed by atoms with van der Waals surface area (Å²) in [6.45, 7) is 5.64. The number of aliphatic hydroxyl groups is 1. The summed E-state index contributed by atoms with van der Waals surface area (Å²) in [6, 6.07) is 5.52. The molecule has 18 heavy (non-hydrogen) atoms. The molecule has 0 aliphatic heterocycles. The minimum atomic E-state index is -0.603. The van der Waals surface area contributed by atoms with Crippen molar-refractivity contribution < 1.29 is 14.6 Å².